The molecule has 0 unspecified atom stereocenters. The van der Waals surface area contributed by atoms with Crippen LogP contribution in [0.15, 0.2) is 18.2 Å². The molecule has 1 N–H and O–H groups in total. The Bertz CT molecular complexity index is 640. The first kappa shape index (κ1) is 13.3. The fraction of sp³-hybridized carbons (Fsp3) is 0.333. The number of aromatic nitrogens is 1. The number of hydrogen-bond donors (Lipinski definition) is 1. The molecule has 2 aromatic rings. The maximum Gasteiger partial charge on any atom is 0.337 e. The largest absolute Gasteiger partial charge is 0.465 e. The van der Waals surface area contributed by atoms with E-state index in [-0.39, 0.29) is 11.8 Å². The fourth-order valence-corrected chi connectivity index (χ4v) is 2.34. The van der Waals surface area contributed by atoms with Crippen LogP contribution in [0.25, 0.3) is 10.9 Å². The molecule has 0 saturated carbocycles. The summed E-state index contributed by atoms with van der Waals surface area (Å²) in [5.74, 6) is -0.335. The highest BCUT2D eigenvalue weighted by atomic mass is 16.5. The fourth-order valence-electron chi connectivity index (χ4n) is 2.34. The number of fused-ring (bicyclic) bond motifs is 1. The number of methoxy groups -OCH3 is 1. The SMILES string of the molecule is CCCc1[nH]c2cc(C(=O)OC)ccc2c1C(C)=O. The quantitative estimate of drug-likeness (QED) is 0.678. The number of H-pyrrole nitrogens is 1. The molecule has 0 saturated heterocycles. The van der Waals surface area contributed by atoms with Crippen LogP contribution < -0.4 is 0 Å². The van der Waals surface area contributed by atoms with Gasteiger partial charge in [-0.15, -0.1) is 0 Å². The number of hydrogen-bond acceptors (Lipinski definition) is 3. The Kier molecular flexibility index (Phi) is 3.69. The Hall–Kier alpha value is -2.10. The Labute approximate surface area is 111 Å². The van der Waals surface area contributed by atoms with E-state index in [1.54, 1.807) is 25.1 Å². The van der Waals surface area contributed by atoms with Gasteiger partial charge in [0, 0.05) is 22.2 Å². The number of rotatable bonds is 4. The van der Waals surface area contributed by atoms with E-state index in [0.29, 0.717) is 5.56 Å². The number of carbonyl (C=O) groups excluding carboxylic acids is 2. The zero-order valence-corrected chi connectivity index (χ0v) is 11.4. The summed E-state index contributed by atoms with van der Waals surface area (Å²) in [5, 5.41) is 0.864. The number of esters is 1. The second-order valence-corrected chi connectivity index (χ2v) is 4.54. The summed E-state index contributed by atoms with van der Waals surface area (Å²) in [5.41, 5.74) is 2.95. The lowest BCUT2D eigenvalue weighted by molar-refractivity contribution is 0.0600. The van der Waals surface area contributed by atoms with E-state index in [1.165, 1.54) is 7.11 Å². The van der Waals surface area contributed by atoms with E-state index in [4.69, 9.17) is 4.74 Å². The van der Waals surface area contributed by atoms with Crippen LogP contribution in [0, 0.1) is 0 Å². The first-order valence-electron chi connectivity index (χ1n) is 6.32. The van der Waals surface area contributed by atoms with Gasteiger partial charge in [0.2, 0.25) is 0 Å². The highest BCUT2D eigenvalue weighted by molar-refractivity contribution is 6.09. The molecule has 0 radical (unpaired) electrons. The molecule has 1 aromatic carbocycles. The molecular weight excluding hydrogens is 242 g/mol. The lowest BCUT2D eigenvalue weighted by Gasteiger charge is -2.00. The van der Waals surface area contributed by atoms with Crippen molar-refractivity contribution in [3.63, 3.8) is 0 Å². The number of aryl methyl sites for hydroxylation is 1. The molecule has 0 bridgehead atoms. The van der Waals surface area contributed by atoms with Crippen LogP contribution in [-0.2, 0) is 11.2 Å². The van der Waals surface area contributed by atoms with Gasteiger partial charge in [-0.2, -0.15) is 0 Å². The van der Waals surface area contributed by atoms with E-state index >= 15 is 0 Å². The van der Waals surface area contributed by atoms with Gasteiger partial charge in [0.1, 0.15) is 0 Å². The van der Waals surface area contributed by atoms with Gasteiger partial charge in [-0.3, -0.25) is 4.79 Å². The normalized spacial score (nSPS) is 10.7. The van der Waals surface area contributed by atoms with Crippen LogP contribution in [0.3, 0.4) is 0 Å². The first-order valence-corrected chi connectivity index (χ1v) is 6.32. The maximum atomic E-state index is 11.8. The molecule has 0 amide bonds. The van der Waals surface area contributed by atoms with Gasteiger partial charge >= 0.3 is 5.97 Å². The van der Waals surface area contributed by atoms with E-state index in [1.807, 2.05) is 0 Å². The van der Waals surface area contributed by atoms with Crippen molar-refractivity contribution < 1.29 is 14.3 Å². The van der Waals surface area contributed by atoms with Crippen LogP contribution >= 0.6 is 0 Å². The van der Waals surface area contributed by atoms with Crippen molar-refractivity contribution in [3.8, 4) is 0 Å². The van der Waals surface area contributed by atoms with Crippen LogP contribution in [0.2, 0.25) is 0 Å². The predicted molar refractivity (Wildman–Crippen MR) is 73.6 cm³/mol. The highest BCUT2D eigenvalue weighted by Crippen LogP contribution is 2.25. The Balaban J connectivity index is 2.62. The molecule has 100 valence electrons. The number of aromatic amines is 1. The smallest absolute Gasteiger partial charge is 0.337 e. The molecule has 1 aromatic heterocycles. The summed E-state index contributed by atoms with van der Waals surface area (Å²) in [6.45, 7) is 3.63. The van der Waals surface area contributed by atoms with Crippen molar-refractivity contribution in [2.24, 2.45) is 0 Å². The zero-order chi connectivity index (χ0) is 14.0. The molecule has 1 heterocycles. The average molecular weight is 259 g/mol. The van der Waals surface area contributed by atoms with Gasteiger partial charge in [0.25, 0.3) is 0 Å². The lowest BCUT2D eigenvalue weighted by atomic mass is 10.0. The molecule has 0 atom stereocenters. The second-order valence-electron chi connectivity index (χ2n) is 4.54. The number of ether oxygens (including phenoxy) is 1. The predicted octanol–water partition coefficient (Wildman–Crippen LogP) is 3.11. The van der Waals surface area contributed by atoms with Crippen molar-refractivity contribution in [2.45, 2.75) is 26.7 Å². The average Bonchev–Trinajstić information content (AvgIpc) is 2.75. The molecule has 0 aliphatic rings. The van der Waals surface area contributed by atoms with Crippen molar-refractivity contribution in [2.75, 3.05) is 7.11 Å². The minimum atomic E-state index is -0.377. The summed E-state index contributed by atoms with van der Waals surface area (Å²) in [7, 11) is 1.35. The Morgan fingerprint density at radius 3 is 2.63 bits per heavy atom. The van der Waals surface area contributed by atoms with E-state index in [2.05, 4.69) is 11.9 Å². The summed E-state index contributed by atoms with van der Waals surface area (Å²) in [6.07, 6.45) is 1.77. The van der Waals surface area contributed by atoms with Crippen LogP contribution in [0.5, 0.6) is 0 Å². The standard InChI is InChI=1S/C15H17NO3/c1-4-5-12-14(9(2)17)11-7-6-10(15(18)19-3)8-13(11)16-12/h6-8,16H,4-5H2,1-3H3. The molecule has 4 heteroatoms. The summed E-state index contributed by atoms with van der Waals surface area (Å²) in [6, 6.07) is 5.21. The highest BCUT2D eigenvalue weighted by Gasteiger charge is 2.16. The van der Waals surface area contributed by atoms with Gasteiger partial charge in [0.15, 0.2) is 5.78 Å². The third-order valence-corrected chi connectivity index (χ3v) is 3.15. The minimum Gasteiger partial charge on any atom is -0.465 e. The van der Waals surface area contributed by atoms with Gasteiger partial charge < -0.3 is 9.72 Å². The molecule has 0 aliphatic carbocycles. The zero-order valence-electron chi connectivity index (χ0n) is 11.4. The summed E-state index contributed by atoms with van der Waals surface area (Å²) < 4.78 is 4.70. The second kappa shape index (κ2) is 5.26. The van der Waals surface area contributed by atoms with Crippen molar-refractivity contribution >= 4 is 22.7 Å². The number of carbonyl (C=O) groups is 2. The van der Waals surface area contributed by atoms with Crippen LogP contribution in [0.1, 0.15) is 46.7 Å². The molecule has 4 nitrogen and oxygen atoms in total. The third-order valence-electron chi connectivity index (χ3n) is 3.15. The number of ketones is 1. The topological polar surface area (TPSA) is 59.2 Å². The monoisotopic (exact) mass is 259 g/mol. The number of Topliss-reactive ketones (excluding diaryl/α,β-unsaturated/α-hetero) is 1. The molecular formula is C15H17NO3. The molecule has 0 spiro atoms. The summed E-state index contributed by atoms with van der Waals surface area (Å²) >= 11 is 0. The van der Waals surface area contributed by atoms with E-state index in [0.717, 1.165) is 35.0 Å². The Morgan fingerprint density at radius 2 is 2.05 bits per heavy atom. The summed E-state index contributed by atoms with van der Waals surface area (Å²) in [4.78, 5) is 26.5. The lowest BCUT2D eigenvalue weighted by Crippen LogP contribution is -2.00. The van der Waals surface area contributed by atoms with Gasteiger partial charge in [-0.25, -0.2) is 4.79 Å². The first-order chi connectivity index (χ1) is 9.08. The molecule has 0 aliphatic heterocycles. The molecule has 0 fully saturated rings. The van der Waals surface area contributed by atoms with Crippen molar-refractivity contribution in [1.82, 2.24) is 4.98 Å². The molecule has 19 heavy (non-hydrogen) atoms. The van der Waals surface area contributed by atoms with E-state index < -0.39 is 0 Å². The minimum absolute atomic E-state index is 0.0421. The van der Waals surface area contributed by atoms with Gasteiger partial charge in [-0.05, 0) is 25.5 Å². The van der Waals surface area contributed by atoms with Crippen LogP contribution in [0.4, 0.5) is 0 Å². The van der Waals surface area contributed by atoms with Gasteiger partial charge in [0.05, 0.1) is 12.7 Å². The van der Waals surface area contributed by atoms with E-state index in [9.17, 15) is 9.59 Å². The van der Waals surface area contributed by atoms with Gasteiger partial charge in [-0.1, -0.05) is 19.4 Å². The number of benzene rings is 1. The van der Waals surface area contributed by atoms with Crippen LogP contribution in [-0.4, -0.2) is 23.8 Å². The maximum absolute atomic E-state index is 11.8. The molecule has 2 rings (SSSR count). The third kappa shape index (κ3) is 2.38. The number of nitrogens with one attached hydrogen (secondary N) is 1. The van der Waals surface area contributed by atoms with Crippen molar-refractivity contribution in [1.29, 1.82) is 0 Å². The van der Waals surface area contributed by atoms with Crippen molar-refractivity contribution in [3.05, 3.63) is 35.0 Å². The Morgan fingerprint density at radius 1 is 1.32 bits per heavy atom.